The molecule has 1 heterocycles. The minimum Gasteiger partial charge on any atom is -0.479 e. The highest BCUT2D eigenvalue weighted by Crippen LogP contribution is 2.29. The number of anilines is 1. The van der Waals surface area contributed by atoms with Gasteiger partial charge in [0.05, 0.1) is 0 Å². The van der Waals surface area contributed by atoms with Crippen LogP contribution in [0.5, 0.6) is 0 Å². The maximum atomic E-state index is 11.6. The molecular weight excluding hydrogens is 258 g/mol. The summed E-state index contributed by atoms with van der Waals surface area (Å²) >= 11 is 1.52. The van der Waals surface area contributed by atoms with Crippen molar-refractivity contribution < 1.29 is 9.90 Å². The molecule has 0 aliphatic carbocycles. The van der Waals surface area contributed by atoms with Crippen LogP contribution in [-0.2, 0) is 4.79 Å². The standard InChI is InChI=1S/C15H17NO2S/c1-3-16(13-6-4-5-11(2)9-13)14(15(17)18)12-7-8-19-10-12/h4-10,14H,3H2,1-2H3,(H,17,18). The zero-order chi connectivity index (χ0) is 13.8. The van der Waals surface area contributed by atoms with Gasteiger partial charge in [0, 0.05) is 12.2 Å². The number of rotatable bonds is 5. The number of carboxylic acid groups (broad SMARTS) is 1. The molecule has 0 bridgehead atoms. The Morgan fingerprint density at radius 3 is 2.74 bits per heavy atom. The highest BCUT2D eigenvalue weighted by molar-refractivity contribution is 7.08. The smallest absolute Gasteiger partial charge is 0.331 e. The molecule has 4 heteroatoms. The van der Waals surface area contributed by atoms with Crippen LogP contribution in [0.4, 0.5) is 5.69 Å². The lowest BCUT2D eigenvalue weighted by Gasteiger charge is -2.29. The van der Waals surface area contributed by atoms with Gasteiger partial charge < -0.3 is 10.0 Å². The van der Waals surface area contributed by atoms with Crippen LogP contribution >= 0.6 is 11.3 Å². The third-order valence-corrected chi connectivity index (χ3v) is 3.78. The van der Waals surface area contributed by atoms with Crippen molar-refractivity contribution in [2.45, 2.75) is 19.9 Å². The topological polar surface area (TPSA) is 40.5 Å². The normalized spacial score (nSPS) is 12.1. The van der Waals surface area contributed by atoms with Gasteiger partial charge in [0.1, 0.15) is 0 Å². The number of aryl methyl sites for hydroxylation is 1. The Kier molecular flexibility index (Phi) is 4.22. The van der Waals surface area contributed by atoms with Crippen molar-refractivity contribution in [3.63, 3.8) is 0 Å². The molecule has 0 aliphatic rings. The fraction of sp³-hybridized carbons (Fsp3) is 0.267. The van der Waals surface area contributed by atoms with Crippen molar-refractivity contribution >= 4 is 23.0 Å². The van der Waals surface area contributed by atoms with Gasteiger partial charge in [-0.1, -0.05) is 12.1 Å². The van der Waals surface area contributed by atoms with Crippen LogP contribution in [0, 0.1) is 6.92 Å². The Labute approximate surface area is 117 Å². The largest absolute Gasteiger partial charge is 0.479 e. The summed E-state index contributed by atoms with van der Waals surface area (Å²) in [5.41, 5.74) is 2.91. The van der Waals surface area contributed by atoms with E-state index < -0.39 is 12.0 Å². The first kappa shape index (κ1) is 13.6. The number of carbonyl (C=O) groups is 1. The van der Waals surface area contributed by atoms with Crippen LogP contribution in [0.15, 0.2) is 41.1 Å². The van der Waals surface area contributed by atoms with E-state index in [4.69, 9.17) is 0 Å². The molecule has 3 nitrogen and oxygen atoms in total. The van der Waals surface area contributed by atoms with E-state index in [1.54, 1.807) is 0 Å². The fourth-order valence-electron chi connectivity index (χ4n) is 2.21. The summed E-state index contributed by atoms with van der Waals surface area (Å²) in [6.07, 6.45) is 0. The summed E-state index contributed by atoms with van der Waals surface area (Å²) in [6.45, 7) is 4.64. The van der Waals surface area contributed by atoms with Crippen molar-refractivity contribution in [3.8, 4) is 0 Å². The molecule has 1 unspecified atom stereocenters. The molecule has 19 heavy (non-hydrogen) atoms. The number of benzene rings is 1. The minimum atomic E-state index is -0.818. The van der Waals surface area contributed by atoms with Gasteiger partial charge in [0.2, 0.25) is 0 Å². The van der Waals surface area contributed by atoms with E-state index in [0.29, 0.717) is 6.54 Å². The van der Waals surface area contributed by atoms with Crippen LogP contribution in [0.2, 0.25) is 0 Å². The second-order valence-electron chi connectivity index (χ2n) is 4.42. The van der Waals surface area contributed by atoms with Gasteiger partial charge in [-0.3, -0.25) is 0 Å². The first-order valence-electron chi connectivity index (χ1n) is 6.21. The summed E-state index contributed by atoms with van der Waals surface area (Å²) in [7, 11) is 0. The van der Waals surface area contributed by atoms with Crippen LogP contribution < -0.4 is 4.90 Å². The molecule has 1 atom stereocenters. The Morgan fingerprint density at radius 1 is 1.42 bits per heavy atom. The molecule has 0 aliphatic heterocycles. The zero-order valence-electron chi connectivity index (χ0n) is 11.0. The summed E-state index contributed by atoms with van der Waals surface area (Å²) in [4.78, 5) is 13.5. The highest BCUT2D eigenvalue weighted by Gasteiger charge is 2.27. The minimum absolute atomic E-state index is 0.627. The second kappa shape index (κ2) is 5.89. The van der Waals surface area contributed by atoms with Crippen LogP contribution in [0.3, 0.4) is 0 Å². The summed E-state index contributed by atoms with van der Waals surface area (Å²) < 4.78 is 0. The van der Waals surface area contributed by atoms with Gasteiger partial charge in [0.15, 0.2) is 6.04 Å². The first-order chi connectivity index (χ1) is 9.13. The molecule has 100 valence electrons. The molecular formula is C15H17NO2S. The molecule has 2 rings (SSSR count). The Morgan fingerprint density at radius 2 is 2.21 bits per heavy atom. The van der Waals surface area contributed by atoms with Crippen LogP contribution in [0.1, 0.15) is 24.1 Å². The molecule has 0 saturated carbocycles. The van der Waals surface area contributed by atoms with E-state index in [-0.39, 0.29) is 0 Å². The number of aliphatic carboxylic acids is 1. The van der Waals surface area contributed by atoms with E-state index in [0.717, 1.165) is 16.8 Å². The SMILES string of the molecule is CCN(c1cccc(C)c1)C(C(=O)O)c1ccsc1. The van der Waals surface area contributed by atoms with Crippen LogP contribution in [0.25, 0.3) is 0 Å². The van der Waals surface area contributed by atoms with Gasteiger partial charge in [-0.25, -0.2) is 4.79 Å². The average molecular weight is 275 g/mol. The first-order valence-corrected chi connectivity index (χ1v) is 7.16. The lowest BCUT2D eigenvalue weighted by Crippen LogP contribution is -2.33. The number of carboxylic acids is 1. The van der Waals surface area contributed by atoms with Gasteiger partial charge in [0.25, 0.3) is 0 Å². The Hall–Kier alpha value is -1.81. The lowest BCUT2D eigenvalue weighted by molar-refractivity contribution is -0.138. The zero-order valence-corrected chi connectivity index (χ0v) is 11.9. The summed E-state index contributed by atoms with van der Waals surface area (Å²) in [5.74, 6) is -0.818. The molecule has 1 N–H and O–H groups in total. The predicted octanol–water partition coefficient (Wildman–Crippen LogP) is 3.71. The predicted molar refractivity (Wildman–Crippen MR) is 78.9 cm³/mol. The fourth-order valence-corrected chi connectivity index (χ4v) is 2.89. The Balaban J connectivity index is 2.41. The van der Waals surface area contributed by atoms with E-state index in [9.17, 15) is 9.90 Å². The maximum absolute atomic E-state index is 11.6. The monoisotopic (exact) mass is 275 g/mol. The number of hydrogen-bond donors (Lipinski definition) is 1. The number of nitrogens with zero attached hydrogens (tertiary/aromatic N) is 1. The van der Waals surface area contributed by atoms with Gasteiger partial charge in [-0.05, 0) is 53.9 Å². The van der Waals surface area contributed by atoms with Crippen molar-refractivity contribution in [2.75, 3.05) is 11.4 Å². The molecule has 2 aromatic rings. The molecule has 0 radical (unpaired) electrons. The third-order valence-electron chi connectivity index (χ3n) is 3.08. The Bertz CT molecular complexity index is 551. The molecule has 1 aromatic heterocycles. The number of thiophene rings is 1. The third kappa shape index (κ3) is 2.96. The molecule has 0 fully saturated rings. The lowest BCUT2D eigenvalue weighted by atomic mass is 10.1. The van der Waals surface area contributed by atoms with Crippen molar-refractivity contribution in [1.82, 2.24) is 0 Å². The van der Waals surface area contributed by atoms with Crippen molar-refractivity contribution in [1.29, 1.82) is 0 Å². The van der Waals surface area contributed by atoms with Crippen molar-refractivity contribution in [3.05, 3.63) is 52.2 Å². The van der Waals surface area contributed by atoms with E-state index >= 15 is 0 Å². The average Bonchev–Trinajstić information content (AvgIpc) is 2.88. The summed E-state index contributed by atoms with van der Waals surface area (Å²) in [5, 5.41) is 13.4. The number of hydrogen-bond acceptors (Lipinski definition) is 3. The summed E-state index contributed by atoms with van der Waals surface area (Å²) in [6, 6.07) is 9.20. The van der Waals surface area contributed by atoms with E-state index in [1.807, 2.05) is 59.8 Å². The van der Waals surface area contributed by atoms with Crippen molar-refractivity contribution in [2.24, 2.45) is 0 Å². The highest BCUT2D eigenvalue weighted by atomic mass is 32.1. The van der Waals surface area contributed by atoms with Gasteiger partial charge in [-0.2, -0.15) is 11.3 Å². The van der Waals surface area contributed by atoms with E-state index in [2.05, 4.69) is 0 Å². The second-order valence-corrected chi connectivity index (χ2v) is 5.20. The van der Waals surface area contributed by atoms with Gasteiger partial charge in [-0.15, -0.1) is 0 Å². The number of likely N-dealkylation sites (N-methyl/N-ethyl adjacent to an activating group) is 1. The quantitative estimate of drug-likeness (QED) is 0.904. The molecule has 1 aromatic carbocycles. The molecule has 0 spiro atoms. The maximum Gasteiger partial charge on any atom is 0.331 e. The molecule has 0 amide bonds. The molecule has 0 saturated heterocycles. The van der Waals surface area contributed by atoms with Gasteiger partial charge >= 0.3 is 5.97 Å². The van der Waals surface area contributed by atoms with E-state index in [1.165, 1.54) is 11.3 Å². The van der Waals surface area contributed by atoms with Crippen LogP contribution in [-0.4, -0.2) is 17.6 Å².